The molecule has 1 aliphatic heterocycles. The SMILES string of the molecule is Cl.NC(CNC(=O)COc1ccc(C2SCCCS2)cc1)c1ccccc1. The van der Waals surface area contributed by atoms with Crippen LogP contribution < -0.4 is 15.8 Å². The first-order valence-electron chi connectivity index (χ1n) is 8.75. The molecule has 146 valence electrons. The molecule has 1 saturated heterocycles. The Bertz CT molecular complexity index is 695. The molecule has 2 aromatic carbocycles. The zero-order valence-electron chi connectivity index (χ0n) is 15.0. The van der Waals surface area contributed by atoms with Crippen molar-refractivity contribution in [3.05, 3.63) is 65.7 Å². The molecular weight excluding hydrogens is 400 g/mol. The predicted molar refractivity (Wildman–Crippen MR) is 118 cm³/mol. The van der Waals surface area contributed by atoms with E-state index in [-0.39, 0.29) is 31.0 Å². The van der Waals surface area contributed by atoms with Gasteiger partial charge in [0.1, 0.15) is 5.75 Å². The molecule has 0 radical (unpaired) electrons. The molecule has 1 aliphatic rings. The molecule has 0 aromatic heterocycles. The maximum Gasteiger partial charge on any atom is 0.258 e. The van der Waals surface area contributed by atoms with Crippen molar-refractivity contribution in [2.24, 2.45) is 5.73 Å². The van der Waals surface area contributed by atoms with Crippen LogP contribution in [0.2, 0.25) is 0 Å². The predicted octanol–water partition coefficient (Wildman–Crippen LogP) is 4.17. The van der Waals surface area contributed by atoms with E-state index in [2.05, 4.69) is 17.4 Å². The Hall–Kier alpha value is -1.34. The number of amides is 1. The average molecular weight is 425 g/mol. The fourth-order valence-electron chi connectivity index (χ4n) is 2.64. The Morgan fingerprint density at radius 3 is 2.44 bits per heavy atom. The number of hydrogen-bond acceptors (Lipinski definition) is 5. The number of carbonyl (C=O) groups excluding carboxylic acids is 1. The topological polar surface area (TPSA) is 64.3 Å². The van der Waals surface area contributed by atoms with Crippen molar-refractivity contribution in [3.63, 3.8) is 0 Å². The lowest BCUT2D eigenvalue weighted by molar-refractivity contribution is -0.123. The van der Waals surface area contributed by atoms with E-state index in [1.54, 1.807) is 0 Å². The quantitative estimate of drug-likeness (QED) is 0.698. The van der Waals surface area contributed by atoms with Gasteiger partial charge in [-0.05, 0) is 41.2 Å². The van der Waals surface area contributed by atoms with Gasteiger partial charge in [0.2, 0.25) is 0 Å². The van der Waals surface area contributed by atoms with Gasteiger partial charge >= 0.3 is 0 Å². The van der Waals surface area contributed by atoms with E-state index in [4.69, 9.17) is 10.5 Å². The van der Waals surface area contributed by atoms with Crippen LogP contribution in [0.1, 0.15) is 28.2 Å². The van der Waals surface area contributed by atoms with Gasteiger partial charge in [0.25, 0.3) is 5.91 Å². The summed E-state index contributed by atoms with van der Waals surface area (Å²) in [5.41, 5.74) is 8.39. The van der Waals surface area contributed by atoms with Gasteiger partial charge in [0.15, 0.2) is 6.61 Å². The second-order valence-corrected chi connectivity index (χ2v) is 8.83. The molecule has 0 saturated carbocycles. The molecule has 27 heavy (non-hydrogen) atoms. The van der Waals surface area contributed by atoms with E-state index in [0.29, 0.717) is 16.9 Å². The number of nitrogens with two attached hydrogens (primary N) is 1. The van der Waals surface area contributed by atoms with Crippen molar-refractivity contribution >= 4 is 41.8 Å². The summed E-state index contributed by atoms with van der Waals surface area (Å²) in [5, 5.41) is 2.82. The van der Waals surface area contributed by atoms with Gasteiger partial charge < -0.3 is 15.8 Å². The van der Waals surface area contributed by atoms with Gasteiger partial charge in [0.05, 0.1) is 4.58 Å². The van der Waals surface area contributed by atoms with E-state index in [0.717, 1.165) is 5.56 Å². The maximum absolute atomic E-state index is 12.0. The third-order valence-electron chi connectivity index (χ3n) is 4.10. The van der Waals surface area contributed by atoms with Gasteiger partial charge in [-0.3, -0.25) is 4.79 Å². The number of hydrogen-bond donors (Lipinski definition) is 2. The number of rotatable bonds is 7. The first-order chi connectivity index (χ1) is 12.7. The van der Waals surface area contributed by atoms with Crippen LogP contribution in [0.15, 0.2) is 54.6 Å². The van der Waals surface area contributed by atoms with Gasteiger partial charge in [0, 0.05) is 12.6 Å². The lowest BCUT2D eigenvalue weighted by Crippen LogP contribution is -2.35. The van der Waals surface area contributed by atoms with Gasteiger partial charge in [-0.2, -0.15) is 0 Å². The van der Waals surface area contributed by atoms with Gasteiger partial charge in [-0.25, -0.2) is 0 Å². The summed E-state index contributed by atoms with van der Waals surface area (Å²) < 4.78 is 6.10. The van der Waals surface area contributed by atoms with Crippen molar-refractivity contribution in [2.45, 2.75) is 17.0 Å². The zero-order chi connectivity index (χ0) is 18.2. The molecule has 1 amide bonds. The monoisotopic (exact) mass is 424 g/mol. The molecule has 7 heteroatoms. The summed E-state index contributed by atoms with van der Waals surface area (Å²) >= 11 is 3.99. The molecule has 1 heterocycles. The minimum atomic E-state index is -0.218. The Morgan fingerprint density at radius 1 is 1.11 bits per heavy atom. The van der Waals surface area contributed by atoms with Crippen LogP contribution >= 0.6 is 35.9 Å². The van der Waals surface area contributed by atoms with Crippen molar-refractivity contribution < 1.29 is 9.53 Å². The highest BCUT2D eigenvalue weighted by molar-refractivity contribution is 8.16. The molecule has 3 N–H and O–H groups in total. The lowest BCUT2D eigenvalue weighted by atomic mass is 10.1. The Kier molecular flexibility index (Phi) is 9.34. The molecule has 0 spiro atoms. The number of benzene rings is 2. The highest BCUT2D eigenvalue weighted by Crippen LogP contribution is 2.43. The molecule has 1 fully saturated rings. The molecular formula is C20H25ClN2O2S2. The highest BCUT2D eigenvalue weighted by Gasteiger charge is 2.16. The van der Waals surface area contributed by atoms with Crippen LogP contribution in [0.3, 0.4) is 0 Å². The first kappa shape index (κ1) is 22.0. The molecule has 3 rings (SSSR count). The molecule has 4 nitrogen and oxygen atoms in total. The first-order valence-corrected chi connectivity index (χ1v) is 10.9. The van der Waals surface area contributed by atoms with E-state index in [1.807, 2.05) is 66.0 Å². The minimum absolute atomic E-state index is 0. The van der Waals surface area contributed by atoms with Crippen molar-refractivity contribution in [3.8, 4) is 5.75 Å². The van der Waals surface area contributed by atoms with Crippen LogP contribution in [0.25, 0.3) is 0 Å². The lowest BCUT2D eigenvalue weighted by Gasteiger charge is -2.21. The normalized spacial score (nSPS) is 15.4. The highest BCUT2D eigenvalue weighted by atomic mass is 35.5. The summed E-state index contributed by atoms with van der Waals surface area (Å²) in [5.74, 6) is 2.99. The van der Waals surface area contributed by atoms with Crippen LogP contribution in [0.4, 0.5) is 0 Å². The van der Waals surface area contributed by atoms with E-state index >= 15 is 0 Å². The van der Waals surface area contributed by atoms with E-state index < -0.39 is 0 Å². The minimum Gasteiger partial charge on any atom is -0.484 e. The summed E-state index contributed by atoms with van der Waals surface area (Å²) in [6, 6.07) is 17.6. The Morgan fingerprint density at radius 2 is 1.78 bits per heavy atom. The summed E-state index contributed by atoms with van der Waals surface area (Å²) in [6.07, 6.45) is 1.29. The zero-order valence-corrected chi connectivity index (χ0v) is 17.5. The second-order valence-electron chi connectivity index (χ2n) is 6.11. The van der Waals surface area contributed by atoms with Crippen LogP contribution in [0, 0.1) is 0 Å². The van der Waals surface area contributed by atoms with Crippen molar-refractivity contribution in [1.29, 1.82) is 0 Å². The van der Waals surface area contributed by atoms with Crippen LogP contribution in [0.5, 0.6) is 5.75 Å². The number of nitrogens with one attached hydrogen (secondary N) is 1. The van der Waals surface area contributed by atoms with Gasteiger partial charge in [-0.15, -0.1) is 35.9 Å². The van der Waals surface area contributed by atoms with E-state index in [1.165, 1.54) is 23.5 Å². The van der Waals surface area contributed by atoms with Crippen LogP contribution in [-0.4, -0.2) is 30.6 Å². The number of thioether (sulfide) groups is 2. The molecule has 1 unspecified atom stereocenters. The Labute approximate surface area is 175 Å². The second kappa shape index (κ2) is 11.5. The molecule has 0 bridgehead atoms. The standard InChI is InChI=1S/C20H24N2O2S2.ClH/c21-18(15-5-2-1-3-6-15)13-22-19(23)14-24-17-9-7-16(8-10-17)20-25-11-4-12-26-20;/h1-3,5-10,18,20H,4,11-14,21H2,(H,22,23);1H. The summed E-state index contributed by atoms with van der Waals surface area (Å²) in [7, 11) is 0. The largest absolute Gasteiger partial charge is 0.484 e. The number of carbonyl (C=O) groups is 1. The summed E-state index contributed by atoms with van der Waals surface area (Å²) in [4.78, 5) is 12.0. The van der Waals surface area contributed by atoms with Crippen LogP contribution in [-0.2, 0) is 4.79 Å². The van der Waals surface area contributed by atoms with E-state index in [9.17, 15) is 4.79 Å². The smallest absolute Gasteiger partial charge is 0.258 e. The molecule has 0 aliphatic carbocycles. The fraction of sp³-hybridized carbons (Fsp3) is 0.350. The van der Waals surface area contributed by atoms with Gasteiger partial charge in [-0.1, -0.05) is 42.5 Å². The summed E-state index contributed by atoms with van der Waals surface area (Å²) in [6.45, 7) is 0.384. The van der Waals surface area contributed by atoms with Crippen molar-refractivity contribution in [1.82, 2.24) is 5.32 Å². The maximum atomic E-state index is 12.0. The fourth-order valence-corrected chi connectivity index (χ4v) is 5.54. The molecule has 2 aromatic rings. The Balaban J connectivity index is 0.00000261. The third kappa shape index (κ3) is 6.96. The number of ether oxygens (including phenoxy) is 1. The average Bonchev–Trinajstić information content (AvgIpc) is 2.72. The third-order valence-corrected chi connectivity index (χ3v) is 7.11. The number of halogens is 1. The molecule has 1 atom stereocenters. The van der Waals surface area contributed by atoms with Crippen molar-refractivity contribution in [2.75, 3.05) is 24.7 Å².